The fraction of sp³-hybridized carbons (Fsp3) is 0.867. The summed E-state index contributed by atoms with van der Waals surface area (Å²) in [5, 5.41) is 25.0. The van der Waals surface area contributed by atoms with E-state index in [0.717, 1.165) is 32.1 Å². The highest BCUT2D eigenvalue weighted by Crippen LogP contribution is 2.39. The standard InChI is InChI=1S/C15H30BN3O4/c1-13(2)10-22-23-12-17-14(19-21)9-15(11-18-16(3)20)7-5-4-6-8-15/h12-13,18,20-21H,4-11H2,1-3H3. The van der Waals surface area contributed by atoms with Gasteiger partial charge in [0.05, 0.1) is 6.61 Å². The smallest absolute Gasteiger partial charge is 0.373 e. The first kappa shape index (κ1) is 19.9. The molecule has 1 aliphatic rings. The lowest BCUT2D eigenvalue weighted by Crippen LogP contribution is -2.43. The van der Waals surface area contributed by atoms with Crippen molar-refractivity contribution in [1.82, 2.24) is 5.23 Å². The third kappa shape index (κ3) is 8.34. The molecule has 0 spiro atoms. The summed E-state index contributed by atoms with van der Waals surface area (Å²) < 4.78 is 0. The summed E-state index contributed by atoms with van der Waals surface area (Å²) in [5.74, 6) is 0.680. The minimum absolute atomic E-state index is 0.0487. The van der Waals surface area contributed by atoms with Crippen LogP contribution in [0.25, 0.3) is 0 Å². The zero-order chi connectivity index (χ0) is 17.1. The Bertz CT molecular complexity index is 383. The Labute approximate surface area is 139 Å². The summed E-state index contributed by atoms with van der Waals surface area (Å²) >= 11 is 0. The van der Waals surface area contributed by atoms with E-state index >= 15 is 0 Å². The molecule has 0 unspecified atom stereocenters. The Morgan fingerprint density at radius 1 is 1.35 bits per heavy atom. The van der Waals surface area contributed by atoms with Crippen LogP contribution in [0.1, 0.15) is 52.4 Å². The average molecular weight is 327 g/mol. The van der Waals surface area contributed by atoms with Crippen LogP contribution in [0, 0.1) is 11.3 Å². The van der Waals surface area contributed by atoms with Crippen LogP contribution in [0.15, 0.2) is 10.1 Å². The highest BCUT2D eigenvalue weighted by Gasteiger charge is 2.34. The van der Waals surface area contributed by atoms with Crippen LogP contribution in [0.5, 0.6) is 0 Å². The molecule has 0 radical (unpaired) electrons. The quantitative estimate of drug-likeness (QED) is 0.115. The Morgan fingerprint density at radius 3 is 2.61 bits per heavy atom. The Hall–Kier alpha value is -1.12. The molecule has 0 saturated heterocycles. The van der Waals surface area contributed by atoms with Crippen LogP contribution < -0.4 is 5.23 Å². The van der Waals surface area contributed by atoms with E-state index in [2.05, 4.69) is 15.4 Å². The Morgan fingerprint density at radius 2 is 2.04 bits per heavy atom. The van der Waals surface area contributed by atoms with Crippen molar-refractivity contribution in [2.24, 2.45) is 21.5 Å². The van der Waals surface area contributed by atoms with Crippen LogP contribution in [-0.2, 0) is 9.78 Å². The first-order valence-electron chi connectivity index (χ1n) is 8.40. The number of nitrogens with one attached hydrogen (secondary N) is 1. The number of hydrogen-bond acceptors (Lipinski definition) is 6. The molecule has 1 rings (SSSR count). The summed E-state index contributed by atoms with van der Waals surface area (Å²) in [6.45, 7) is 6.88. The van der Waals surface area contributed by atoms with Crippen molar-refractivity contribution in [3.8, 4) is 0 Å². The predicted molar refractivity (Wildman–Crippen MR) is 91.6 cm³/mol. The molecule has 0 heterocycles. The second-order valence-electron chi connectivity index (χ2n) is 6.82. The number of rotatable bonds is 9. The van der Waals surface area contributed by atoms with Gasteiger partial charge in [0.2, 0.25) is 6.40 Å². The molecule has 3 N–H and O–H groups in total. The van der Waals surface area contributed by atoms with Crippen LogP contribution in [0.3, 0.4) is 0 Å². The summed E-state index contributed by atoms with van der Waals surface area (Å²) in [6, 6.07) is 0. The van der Waals surface area contributed by atoms with Gasteiger partial charge in [-0.15, -0.1) is 0 Å². The average Bonchev–Trinajstić information content (AvgIpc) is 2.52. The van der Waals surface area contributed by atoms with E-state index in [1.165, 1.54) is 6.42 Å². The topological polar surface area (TPSA) is 95.7 Å². The summed E-state index contributed by atoms with van der Waals surface area (Å²) in [6.07, 6.45) is 7.23. The predicted octanol–water partition coefficient (Wildman–Crippen LogP) is 2.45. The largest absolute Gasteiger partial charge is 0.437 e. The van der Waals surface area contributed by atoms with Gasteiger partial charge in [0.25, 0.3) is 0 Å². The Kier molecular flexibility index (Phi) is 9.20. The van der Waals surface area contributed by atoms with Crippen molar-refractivity contribution in [3.63, 3.8) is 0 Å². The van der Waals surface area contributed by atoms with E-state index in [1.54, 1.807) is 6.82 Å². The highest BCUT2D eigenvalue weighted by atomic mass is 17.2. The summed E-state index contributed by atoms with van der Waals surface area (Å²) in [4.78, 5) is 13.9. The van der Waals surface area contributed by atoms with Gasteiger partial charge >= 0.3 is 7.05 Å². The Balaban J connectivity index is 2.55. The molecule has 0 bridgehead atoms. The van der Waals surface area contributed by atoms with E-state index in [4.69, 9.17) is 9.78 Å². The van der Waals surface area contributed by atoms with Crippen molar-refractivity contribution < 1.29 is 20.0 Å². The number of hydrogen-bond donors (Lipinski definition) is 3. The van der Waals surface area contributed by atoms with Crippen molar-refractivity contribution in [3.05, 3.63) is 0 Å². The molecule has 1 aliphatic carbocycles. The molecular weight excluding hydrogens is 297 g/mol. The zero-order valence-electron chi connectivity index (χ0n) is 14.5. The van der Waals surface area contributed by atoms with Gasteiger partial charge in [0.1, 0.15) is 0 Å². The van der Waals surface area contributed by atoms with Crippen LogP contribution in [0.2, 0.25) is 6.82 Å². The molecule has 0 atom stereocenters. The van der Waals surface area contributed by atoms with Crippen LogP contribution >= 0.6 is 0 Å². The lowest BCUT2D eigenvalue weighted by atomic mass is 9.70. The molecule has 0 amide bonds. The number of aliphatic imine (C=N–C) groups is 1. The zero-order valence-corrected chi connectivity index (χ0v) is 14.5. The van der Waals surface area contributed by atoms with Crippen molar-refractivity contribution in [1.29, 1.82) is 0 Å². The maximum atomic E-state index is 9.48. The fourth-order valence-corrected chi connectivity index (χ4v) is 2.81. The van der Waals surface area contributed by atoms with Crippen molar-refractivity contribution >= 4 is 19.3 Å². The maximum absolute atomic E-state index is 9.48. The molecule has 23 heavy (non-hydrogen) atoms. The first-order chi connectivity index (χ1) is 11.0. The van der Waals surface area contributed by atoms with Gasteiger partial charge in [-0.1, -0.05) is 38.3 Å². The monoisotopic (exact) mass is 327 g/mol. The van der Waals surface area contributed by atoms with Crippen molar-refractivity contribution in [2.75, 3.05) is 13.2 Å². The van der Waals surface area contributed by atoms with E-state index in [1.807, 2.05) is 13.8 Å². The van der Waals surface area contributed by atoms with Gasteiger partial charge in [0.15, 0.2) is 5.84 Å². The highest BCUT2D eigenvalue weighted by molar-refractivity contribution is 6.45. The molecule has 1 fully saturated rings. The third-order valence-electron chi connectivity index (χ3n) is 4.05. The van der Waals surface area contributed by atoms with Gasteiger partial charge < -0.3 is 20.3 Å². The van der Waals surface area contributed by atoms with Gasteiger partial charge in [0, 0.05) is 6.42 Å². The van der Waals surface area contributed by atoms with Gasteiger partial charge in [-0.2, -0.15) is 9.88 Å². The molecule has 0 aliphatic heterocycles. The number of amidine groups is 1. The molecule has 1 saturated carbocycles. The van der Waals surface area contributed by atoms with Gasteiger partial charge in [-0.25, -0.2) is 0 Å². The molecule has 0 aromatic carbocycles. The van der Waals surface area contributed by atoms with E-state index in [-0.39, 0.29) is 5.41 Å². The summed E-state index contributed by atoms with van der Waals surface area (Å²) in [7, 11) is -0.556. The van der Waals surface area contributed by atoms with Gasteiger partial charge in [-0.05, 0) is 37.5 Å². The van der Waals surface area contributed by atoms with Crippen molar-refractivity contribution in [2.45, 2.75) is 59.2 Å². The summed E-state index contributed by atoms with van der Waals surface area (Å²) in [5.41, 5.74) is -0.0487. The molecule has 8 heteroatoms. The second-order valence-corrected chi connectivity index (χ2v) is 6.82. The minimum atomic E-state index is -0.556. The third-order valence-corrected chi connectivity index (χ3v) is 4.05. The number of nitrogens with zero attached hydrogens (tertiary/aromatic N) is 2. The molecule has 0 aromatic heterocycles. The maximum Gasteiger partial charge on any atom is 0.373 e. The minimum Gasteiger partial charge on any atom is -0.437 e. The van der Waals surface area contributed by atoms with E-state index in [9.17, 15) is 10.2 Å². The molecule has 0 aromatic rings. The molecular formula is C15H30BN3O4. The first-order valence-corrected chi connectivity index (χ1v) is 8.40. The second kappa shape index (κ2) is 10.6. The van der Waals surface area contributed by atoms with Gasteiger partial charge in [-0.3, -0.25) is 0 Å². The number of oxime groups is 1. The molecule has 7 nitrogen and oxygen atoms in total. The normalized spacial score (nSPS) is 18.6. The van der Waals surface area contributed by atoms with E-state index < -0.39 is 7.05 Å². The van der Waals surface area contributed by atoms with Crippen LogP contribution in [0.4, 0.5) is 0 Å². The fourth-order valence-electron chi connectivity index (χ4n) is 2.81. The lowest BCUT2D eigenvalue weighted by Gasteiger charge is -2.37. The molecule has 132 valence electrons. The lowest BCUT2D eigenvalue weighted by molar-refractivity contribution is -0.223. The SMILES string of the molecule is CB(O)NCC1(CC(N=COOCC(C)C)=NO)CCCCC1. The van der Waals surface area contributed by atoms with Crippen LogP contribution in [-0.4, -0.2) is 42.7 Å². The van der Waals surface area contributed by atoms with E-state index in [0.29, 0.717) is 31.3 Å².